The summed E-state index contributed by atoms with van der Waals surface area (Å²) in [7, 11) is -4.94. The molecule has 0 spiro atoms. The van der Waals surface area contributed by atoms with Crippen molar-refractivity contribution in [2.75, 3.05) is 13.1 Å². The Kier molecular flexibility index (Phi) is 9.75. The number of halogens is 4. The minimum absolute atomic E-state index is 0.0728. The average molecular weight is 741 g/mol. The van der Waals surface area contributed by atoms with Crippen molar-refractivity contribution < 1.29 is 33.6 Å². The van der Waals surface area contributed by atoms with Crippen molar-refractivity contribution >= 4 is 85.2 Å². The highest BCUT2D eigenvalue weighted by Gasteiger charge is 2.40. The van der Waals surface area contributed by atoms with E-state index in [1.54, 1.807) is 0 Å². The van der Waals surface area contributed by atoms with Crippen molar-refractivity contribution in [3.05, 3.63) is 64.6 Å². The first-order valence-electron chi connectivity index (χ1n) is 9.36. The molecule has 2 aromatic carbocycles. The molecule has 6 nitrogen and oxygen atoms in total. The van der Waals surface area contributed by atoms with Gasteiger partial charge in [0.1, 0.15) is 10.5 Å². The molecule has 12 heteroatoms. The second-order valence-electron chi connectivity index (χ2n) is 6.65. The number of thioether (sulfide) groups is 2. The molecule has 2 aliphatic rings. The average Bonchev–Trinajstić information content (AvgIpc) is 3.13. The molecule has 2 unspecified atom stereocenters. The third kappa shape index (κ3) is 6.80. The molecule has 32 heavy (non-hydrogen) atoms. The molecule has 4 rings (SSSR count). The van der Waals surface area contributed by atoms with Gasteiger partial charge in [-0.25, -0.2) is 18.6 Å². The molecule has 0 aliphatic carbocycles. The molecule has 0 saturated carbocycles. The Hall–Kier alpha value is 0.520. The minimum atomic E-state index is -4.94. The summed E-state index contributed by atoms with van der Waals surface area (Å²) in [5.74, 6) is 1.00. The number of benzene rings is 2. The number of hydrogen-bond donors (Lipinski definition) is 0. The molecule has 2 aromatic rings. The normalized spacial score (nSPS) is 19.8. The third-order valence-electron chi connectivity index (χ3n) is 4.68. The molecule has 2 heterocycles. The van der Waals surface area contributed by atoms with Crippen LogP contribution in [0.5, 0.6) is 5.75 Å². The Morgan fingerprint density at radius 3 is 2.19 bits per heavy atom. The van der Waals surface area contributed by atoms with E-state index in [2.05, 4.69) is 88.2 Å². The van der Waals surface area contributed by atoms with E-state index >= 15 is 0 Å². The standard InChI is InChI=1S/C20H18ClI2NOS2.ClHO4/c1-3-24(4-2)20-26-18-14-9-13(22)10-15(23)17(14)25-16(19(18)27-20)11-5-7-12(21)8-6-11;2-1(3,4)5/h5-10,16,20H,3-4H2,1-2H3;(H,2,3,4,5)/p-1. The molecule has 0 fully saturated rings. The summed E-state index contributed by atoms with van der Waals surface area (Å²) in [6.07, 6.45) is -0.0728. The van der Waals surface area contributed by atoms with Gasteiger partial charge in [0.05, 0.1) is 3.57 Å². The third-order valence-corrected chi connectivity index (χ3v) is 9.41. The zero-order valence-corrected chi connectivity index (χ0v) is 24.3. The van der Waals surface area contributed by atoms with E-state index in [1.807, 2.05) is 35.7 Å². The second-order valence-corrected chi connectivity index (χ2v) is 12.8. The van der Waals surface area contributed by atoms with Crippen molar-refractivity contribution in [3.63, 3.8) is 0 Å². The van der Waals surface area contributed by atoms with Crippen LogP contribution in [0.2, 0.25) is 5.02 Å². The molecule has 0 bridgehead atoms. The SMILES string of the molecule is CCN(CC)C1SC2=C(S1)C(c1ccc(Cl)cc1)Oc1c(I)cc(I)cc12.[O-][Cl+3]([O-])([O-])[O-]. The van der Waals surface area contributed by atoms with Crippen LogP contribution in [0.1, 0.15) is 31.1 Å². The summed E-state index contributed by atoms with van der Waals surface area (Å²) in [4.78, 5) is 5.20. The van der Waals surface area contributed by atoms with Crippen molar-refractivity contribution in [2.24, 2.45) is 0 Å². The molecule has 0 aromatic heterocycles. The molecule has 2 aliphatic heterocycles. The molecule has 0 amide bonds. The van der Waals surface area contributed by atoms with Crippen LogP contribution in [0.25, 0.3) is 4.91 Å². The van der Waals surface area contributed by atoms with E-state index in [0.29, 0.717) is 4.71 Å². The summed E-state index contributed by atoms with van der Waals surface area (Å²) in [6.45, 7) is 6.56. The predicted molar refractivity (Wildman–Crippen MR) is 136 cm³/mol. The van der Waals surface area contributed by atoms with Gasteiger partial charge in [-0.3, -0.25) is 4.90 Å². The van der Waals surface area contributed by atoms with Gasteiger partial charge in [0, 0.05) is 24.0 Å². The van der Waals surface area contributed by atoms with Crippen molar-refractivity contribution in [2.45, 2.75) is 24.7 Å². The highest BCUT2D eigenvalue weighted by molar-refractivity contribution is 14.1. The van der Waals surface area contributed by atoms with Crippen molar-refractivity contribution in [1.82, 2.24) is 4.90 Å². The lowest BCUT2D eigenvalue weighted by Gasteiger charge is -2.28. The van der Waals surface area contributed by atoms with E-state index in [-0.39, 0.29) is 6.10 Å². The second kappa shape index (κ2) is 11.5. The predicted octanol–water partition coefficient (Wildman–Crippen LogP) is 2.70. The van der Waals surface area contributed by atoms with Gasteiger partial charge in [0.15, 0.2) is 6.10 Å². The first-order valence-corrected chi connectivity index (χ1v) is 14.9. The molecular formula is C20H18Cl2I2NO5S2-. The summed E-state index contributed by atoms with van der Waals surface area (Å²) in [5.41, 5.74) is 2.39. The molecule has 0 saturated heterocycles. The van der Waals surface area contributed by atoms with Crippen LogP contribution in [0, 0.1) is 17.4 Å². The Bertz CT molecular complexity index is 995. The number of nitrogens with zero attached hydrogens (tertiary/aromatic N) is 1. The summed E-state index contributed by atoms with van der Waals surface area (Å²) < 4.78 is 43.4. The highest BCUT2D eigenvalue weighted by Crippen LogP contribution is 2.60. The topological polar surface area (TPSA) is 105 Å². The fourth-order valence-corrected chi connectivity index (χ4v) is 8.79. The van der Waals surface area contributed by atoms with Crippen molar-refractivity contribution in [1.29, 1.82) is 0 Å². The number of hydrogen-bond acceptors (Lipinski definition) is 8. The Balaban J connectivity index is 0.000000523. The smallest absolute Gasteiger partial charge is 0.156 e. The van der Waals surface area contributed by atoms with Crippen LogP contribution in [-0.4, -0.2) is 22.7 Å². The lowest BCUT2D eigenvalue weighted by molar-refractivity contribution is -2.00. The maximum Gasteiger partial charge on any atom is 0.156 e. The maximum absolute atomic E-state index is 8.49. The Morgan fingerprint density at radius 2 is 1.62 bits per heavy atom. The van der Waals surface area contributed by atoms with Crippen LogP contribution in [0.3, 0.4) is 0 Å². The van der Waals surface area contributed by atoms with Gasteiger partial charge in [-0.05, 0) is 88.1 Å². The zero-order chi connectivity index (χ0) is 23.6. The van der Waals surface area contributed by atoms with Crippen molar-refractivity contribution in [3.8, 4) is 5.75 Å². The van der Waals surface area contributed by atoms with Gasteiger partial charge in [0.25, 0.3) is 0 Å². The summed E-state index contributed by atoms with van der Waals surface area (Å²) in [6, 6.07) is 12.5. The van der Waals surface area contributed by atoms with E-state index in [0.717, 1.165) is 33.0 Å². The van der Waals surface area contributed by atoms with Crippen LogP contribution < -0.4 is 23.4 Å². The van der Waals surface area contributed by atoms with Gasteiger partial charge < -0.3 is 4.74 Å². The molecular weight excluding hydrogens is 723 g/mol. The van der Waals surface area contributed by atoms with Crippen LogP contribution in [0.15, 0.2) is 41.3 Å². The lowest BCUT2D eigenvalue weighted by Crippen LogP contribution is -2.68. The zero-order valence-electron chi connectivity index (χ0n) is 16.8. The molecule has 0 N–H and O–H groups in total. The van der Waals surface area contributed by atoms with Gasteiger partial charge in [0.2, 0.25) is 0 Å². The first kappa shape index (κ1) is 27.1. The molecule has 174 valence electrons. The van der Waals surface area contributed by atoms with E-state index < -0.39 is 10.2 Å². The number of rotatable bonds is 4. The summed E-state index contributed by atoms with van der Waals surface area (Å²) in [5, 5.41) is 0.753. The van der Waals surface area contributed by atoms with Gasteiger partial charge in [-0.1, -0.05) is 61.1 Å². The largest absolute Gasteiger partial charge is 0.479 e. The van der Waals surface area contributed by atoms with E-state index in [9.17, 15) is 0 Å². The Morgan fingerprint density at radius 1 is 1.03 bits per heavy atom. The fraction of sp³-hybridized carbons (Fsp3) is 0.300. The van der Waals surface area contributed by atoms with Crippen LogP contribution >= 0.6 is 80.3 Å². The lowest BCUT2D eigenvalue weighted by atomic mass is 10.0. The quantitative estimate of drug-likeness (QED) is 0.442. The van der Waals surface area contributed by atoms with Crippen LogP contribution in [0.4, 0.5) is 0 Å². The van der Waals surface area contributed by atoms with Gasteiger partial charge >= 0.3 is 0 Å². The van der Waals surface area contributed by atoms with E-state index in [4.69, 9.17) is 35.0 Å². The summed E-state index contributed by atoms with van der Waals surface area (Å²) >= 11 is 14.8. The number of ether oxygens (including phenoxy) is 1. The Labute approximate surface area is 229 Å². The maximum atomic E-state index is 8.49. The fourth-order valence-electron chi connectivity index (χ4n) is 3.27. The monoisotopic (exact) mass is 740 g/mol. The minimum Gasteiger partial charge on any atom is -0.479 e. The van der Waals surface area contributed by atoms with E-state index in [1.165, 1.54) is 18.9 Å². The van der Waals surface area contributed by atoms with Gasteiger partial charge in [-0.15, -0.1) is 10.2 Å². The highest BCUT2D eigenvalue weighted by atomic mass is 127. The molecule has 0 radical (unpaired) electrons. The number of fused-ring (bicyclic) bond motifs is 2. The molecule has 2 atom stereocenters. The van der Waals surface area contributed by atoms with Gasteiger partial charge in [-0.2, -0.15) is 0 Å². The van der Waals surface area contributed by atoms with Crippen LogP contribution in [-0.2, 0) is 0 Å². The first-order chi connectivity index (χ1) is 15.0.